The molecule has 0 bridgehead atoms. The average molecular weight is 445 g/mol. The fourth-order valence-electron chi connectivity index (χ4n) is 4.41. The van der Waals surface area contributed by atoms with Gasteiger partial charge >= 0.3 is 0 Å². The highest BCUT2D eigenvalue weighted by atomic mass is 79.9. The number of nitrogens with one attached hydrogen (secondary N) is 1. The summed E-state index contributed by atoms with van der Waals surface area (Å²) in [6, 6.07) is 22.6. The average Bonchev–Trinajstić information content (AvgIpc) is 3.24. The van der Waals surface area contributed by atoms with E-state index in [2.05, 4.69) is 74.8 Å². The summed E-state index contributed by atoms with van der Waals surface area (Å²) in [5.41, 5.74) is 5.47. The zero-order valence-corrected chi connectivity index (χ0v) is 17.4. The number of halogens is 1. The lowest BCUT2D eigenvalue weighted by molar-refractivity contribution is 0.425. The van der Waals surface area contributed by atoms with Crippen molar-refractivity contribution in [3.8, 4) is 5.75 Å². The Kier molecular flexibility index (Phi) is 4.72. The summed E-state index contributed by atoms with van der Waals surface area (Å²) in [5, 5.41) is 13.7. The lowest BCUT2D eigenvalue weighted by Gasteiger charge is -2.37. The van der Waals surface area contributed by atoms with Crippen LogP contribution in [0.15, 0.2) is 88.3 Å². The van der Waals surface area contributed by atoms with E-state index in [0.29, 0.717) is 17.4 Å². The molecule has 0 fully saturated rings. The second-order valence-corrected chi connectivity index (χ2v) is 8.53. The highest BCUT2D eigenvalue weighted by Gasteiger charge is 2.37. The van der Waals surface area contributed by atoms with Crippen molar-refractivity contribution in [2.24, 2.45) is 10.9 Å². The van der Waals surface area contributed by atoms with Crippen LogP contribution in [0.4, 0.5) is 11.4 Å². The zero-order valence-electron chi connectivity index (χ0n) is 15.8. The van der Waals surface area contributed by atoms with E-state index in [1.807, 2.05) is 24.3 Å². The van der Waals surface area contributed by atoms with E-state index in [0.717, 1.165) is 16.6 Å². The van der Waals surface area contributed by atoms with Gasteiger partial charge in [0, 0.05) is 27.9 Å². The number of anilines is 1. The molecule has 4 heteroatoms. The molecule has 0 amide bonds. The highest BCUT2D eigenvalue weighted by molar-refractivity contribution is 9.10. The number of rotatable bonds is 3. The van der Waals surface area contributed by atoms with Gasteiger partial charge in [0.2, 0.25) is 0 Å². The lowest BCUT2D eigenvalue weighted by atomic mass is 9.77. The molecule has 5 rings (SSSR count). The van der Waals surface area contributed by atoms with Crippen molar-refractivity contribution in [2.45, 2.75) is 18.4 Å². The SMILES string of the molecule is Oc1ccc(Br)cc1C=Nc1ccc([C@@H]2Nc3ccccc3[C@@H]3C=CC[C@@H]32)cc1. The van der Waals surface area contributed by atoms with Gasteiger partial charge < -0.3 is 10.4 Å². The summed E-state index contributed by atoms with van der Waals surface area (Å²) < 4.78 is 0.912. The van der Waals surface area contributed by atoms with Crippen LogP contribution in [0.5, 0.6) is 5.75 Å². The summed E-state index contributed by atoms with van der Waals surface area (Å²) in [7, 11) is 0. The third kappa shape index (κ3) is 3.49. The van der Waals surface area contributed by atoms with Crippen LogP contribution in [0.2, 0.25) is 0 Å². The lowest BCUT2D eigenvalue weighted by Crippen LogP contribution is -2.28. The molecule has 2 N–H and O–H groups in total. The van der Waals surface area contributed by atoms with Crippen LogP contribution >= 0.6 is 15.9 Å². The standard InChI is InChI=1S/C25H21BrN2O/c26-18-10-13-24(29)17(14-18)15-27-19-11-8-16(9-12-19)25-22-6-3-5-20(22)21-4-1-2-7-23(21)28-25/h1-5,7-15,20,22,25,28-29H,6H2/t20-,22-,25-/m0/s1. The van der Waals surface area contributed by atoms with Gasteiger partial charge in [-0.1, -0.05) is 58.4 Å². The van der Waals surface area contributed by atoms with Gasteiger partial charge in [-0.05, 0) is 59.9 Å². The number of hydrogen-bond donors (Lipinski definition) is 2. The molecule has 0 saturated heterocycles. The van der Waals surface area contributed by atoms with Crippen molar-refractivity contribution in [3.05, 3.63) is 100 Å². The summed E-state index contributed by atoms with van der Waals surface area (Å²) in [6.45, 7) is 0. The molecule has 3 atom stereocenters. The van der Waals surface area contributed by atoms with Gasteiger partial charge in [-0.25, -0.2) is 0 Å². The molecule has 2 aliphatic rings. The van der Waals surface area contributed by atoms with Crippen LogP contribution in [0, 0.1) is 5.92 Å². The number of para-hydroxylation sites is 1. The number of aliphatic imine (C=N–C) groups is 1. The Morgan fingerprint density at radius 2 is 1.86 bits per heavy atom. The number of phenols is 1. The van der Waals surface area contributed by atoms with Gasteiger partial charge in [-0.15, -0.1) is 0 Å². The third-order valence-electron chi connectivity index (χ3n) is 5.87. The molecule has 1 heterocycles. The van der Waals surface area contributed by atoms with Crippen molar-refractivity contribution in [3.63, 3.8) is 0 Å². The molecule has 0 radical (unpaired) electrons. The van der Waals surface area contributed by atoms with Crippen LogP contribution in [-0.2, 0) is 0 Å². The van der Waals surface area contributed by atoms with E-state index in [-0.39, 0.29) is 11.8 Å². The number of aromatic hydroxyl groups is 1. The molecule has 1 aliphatic carbocycles. The Labute approximate surface area is 179 Å². The second-order valence-electron chi connectivity index (χ2n) is 7.62. The number of phenolic OH excluding ortho intramolecular Hbond substituents is 1. The minimum absolute atomic E-state index is 0.221. The van der Waals surface area contributed by atoms with Crippen LogP contribution in [0.3, 0.4) is 0 Å². The predicted octanol–water partition coefficient (Wildman–Crippen LogP) is 6.73. The highest BCUT2D eigenvalue weighted by Crippen LogP contribution is 2.49. The van der Waals surface area contributed by atoms with Gasteiger partial charge in [0.05, 0.1) is 11.7 Å². The summed E-state index contributed by atoms with van der Waals surface area (Å²) in [5.74, 6) is 1.24. The normalized spacial score (nSPS) is 22.3. The molecule has 1 aliphatic heterocycles. The van der Waals surface area contributed by atoms with Gasteiger partial charge in [0.1, 0.15) is 5.75 Å². The Balaban J connectivity index is 1.39. The molecule has 3 aromatic rings. The minimum atomic E-state index is 0.221. The maximum atomic E-state index is 9.97. The van der Waals surface area contributed by atoms with Gasteiger partial charge in [-0.2, -0.15) is 0 Å². The van der Waals surface area contributed by atoms with Gasteiger partial charge in [0.25, 0.3) is 0 Å². The zero-order chi connectivity index (χ0) is 19.8. The molecule has 144 valence electrons. The van der Waals surface area contributed by atoms with E-state index in [1.165, 1.54) is 16.8 Å². The number of benzene rings is 3. The first-order chi connectivity index (χ1) is 14.2. The van der Waals surface area contributed by atoms with E-state index in [9.17, 15) is 5.11 Å². The van der Waals surface area contributed by atoms with Crippen LogP contribution in [-0.4, -0.2) is 11.3 Å². The third-order valence-corrected chi connectivity index (χ3v) is 6.36. The summed E-state index contributed by atoms with van der Waals surface area (Å²) in [4.78, 5) is 4.53. The quantitative estimate of drug-likeness (QED) is 0.347. The monoisotopic (exact) mass is 444 g/mol. The number of fused-ring (bicyclic) bond motifs is 3. The molecule has 0 unspecified atom stereocenters. The Morgan fingerprint density at radius 1 is 1.03 bits per heavy atom. The maximum absolute atomic E-state index is 9.97. The Hall–Kier alpha value is -2.85. The molecule has 3 nitrogen and oxygen atoms in total. The second kappa shape index (κ2) is 7.53. The number of nitrogens with zero attached hydrogens (tertiary/aromatic N) is 1. The van der Waals surface area contributed by atoms with Gasteiger partial charge in [0.15, 0.2) is 0 Å². The van der Waals surface area contributed by atoms with E-state index in [4.69, 9.17) is 0 Å². The summed E-state index contributed by atoms with van der Waals surface area (Å²) in [6.07, 6.45) is 7.47. The fourth-order valence-corrected chi connectivity index (χ4v) is 4.79. The van der Waals surface area contributed by atoms with Crippen LogP contribution in [0.1, 0.15) is 35.1 Å². The van der Waals surface area contributed by atoms with Crippen molar-refractivity contribution in [1.82, 2.24) is 0 Å². The van der Waals surface area contributed by atoms with Gasteiger partial charge in [-0.3, -0.25) is 4.99 Å². The van der Waals surface area contributed by atoms with Crippen molar-refractivity contribution in [2.75, 3.05) is 5.32 Å². The first kappa shape index (κ1) is 18.2. The van der Waals surface area contributed by atoms with E-state index in [1.54, 1.807) is 12.3 Å². The first-order valence-electron chi connectivity index (χ1n) is 9.84. The maximum Gasteiger partial charge on any atom is 0.124 e. The minimum Gasteiger partial charge on any atom is -0.507 e. The first-order valence-corrected chi connectivity index (χ1v) is 10.6. The smallest absolute Gasteiger partial charge is 0.124 e. The largest absolute Gasteiger partial charge is 0.507 e. The number of hydrogen-bond acceptors (Lipinski definition) is 3. The Bertz CT molecular complexity index is 1100. The molecule has 29 heavy (non-hydrogen) atoms. The van der Waals surface area contributed by atoms with Crippen LogP contribution in [0.25, 0.3) is 0 Å². The molecule has 0 aromatic heterocycles. The van der Waals surface area contributed by atoms with Crippen molar-refractivity contribution >= 4 is 33.5 Å². The topological polar surface area (TPSA) is 44.6 Å². The molecular weight excluding hydrogens is 424 g/mol. The fraction of sp³-hybridized carbons (Fsp3) is 0.160. The Morgan fingerprint density at radius 3 is 2.72 bits per heavy atom. The molecule has 0 spiro atoms. The van der Waals surface area contributed by atoms with Crippen LogP contribution < -0.4 is 5.32 Å². The van der Waals surface area contributed by atoms with Crippen molar-refractivity contribution < 1.29 is 5.11 Å². The molecular formula is C25H21BrN2O. The summed E-state index contributed by atoms with van der Waals surface area (Å²) >= 11 is 3.43. The molecule has 3 aromatic carbocycles. The van der Waals surface area contributed by atoms with E-state index >= 15 is 0 Å². The predicted molar refractivity (Wildman–Crippen MR) is 122 cm³/mol. The van der Waals surface area contributed by atoms with E-state index < -0.39 is 0 Å². The van der Waals surface area contributed by atoms with Crippen molar-refractivity contribution in [1.29, 1.82) is 0 Å². The molecule has 0 saturated carbocycles. The number of allylic oxidation sites excluding steroid dienone is 2.